The van der Waals surface area contributed by atoms with Gasteiger partial charge in [-0.05, 0) is 66.3 Å². The number of benzene rings is 3. The zero-order valence-corrected chi connectivity index (χ0v) is 25.9. The van der Waals surface area contributed by atoms with Crippen molar-refractivity contribution < 1.29 is 14.3 Å². The van der Waals surface area contributed by atoms with Gasteiger partial charge in [-0.25, -0.2) is 4.79 Å². The van der Waals surface area contributed by atoms with Gasteiger partial charge in [-0.2, -0.15) is 0 Å². The second-order valence-electron chi connectivity index (χ2n) is 12.0. The molecule has 42 heavy (non-hydrogen) atoms. The lowest BCUT2D eigenvalue weighted by molar-refractivity contribution is 0.0254. The number of carbonyl (C=O) groups is 1. The van der Waals surface area contributed by atoms with Crippen LogP contribution in [0, 0.1) is 0 Å². The zero-order valence-electron chi connectivity index (χ0n) is 25.9. The van der Waals surface area contributed by atoms with Gasteiger partial charge in [0.25, 0.3) is 0 Å². The van der Waals surface area contributed by atoms with Gasteiger partial charge in [0.1, 0.15) is 12.4 Å². The lowest BCUT2D eigenvalue weighted by Gasteiger charge is -2.23. The molecule has 1 atom stereocenters. The first kappa shape index (κ1) is 31.6. The van der Waals surface area contributed by atoms with Crippen LogP contribution in [0.15, 0.2) is 85.4 Å². The van der Waals surface area contributed by atoms with Crippen LogP contribution in [0.25, 0.3) is 5.76 Å². The highest BCUT2D eigenvalue weighted by Crippen LogP contribution is 2.34. The van der Waals surface area contributed by atoms with Crippen molar-refractivity contribution in [3.8, 4) is 0 Å². The van der Waals surface area contributed by atoms with Crippen LogP contribution in [0.2, 0.25) is 0 Å². The lowest BCUT2D eigenvalue weighted by atomic mass is 9.84. The second kappa shape index (κ2) is 16.9. The van der Waals surface area contributed by atoms with Gasteiger partial charge in [-0.15, -0.1) is 0 Å². The number of hydrogen-bond acceptors (Lipinski definition) is 3. The Hall–Kier alpha value is -3.33. The molecule has 1 unspecified atom stereocenters. The van der Waals surface area contributed by atoms with E-state index in [1.807, 2.05) is 42.5 Å². The van der Waals surface area contributed by atoms with Gasteiger partial charge in [-0.3, -0.25) is 0 Å². The third-order valence-electron chi connectivity index (χ3n) is 8.85. The Labute approximate surface area is 254 Å². The molecule has 3 nitrogen and oxygen atoms in total. The van der Waals surface area contributed by atoms with E-state index in [1.165, 1.54) is 88.2 Å². The fourth-order valence-electron chi connectivity index (χ4n) is 6.04. The summed E-state index contributed by atoms with van der Waals surface area (Å²) < 4.78 is 12.1. The minimum absolute atomic E-state index is 0.117. The van der Waals surface area contributed by atoms with Crippen LogP contribution < -0.4 is 0 Å². The van der Waals surface area contributed by atoms with Crippen LogP contribution >= 0.6 is 0 Å². The van der Waals surface area contributed by atoms with Gasteiger partial charge in [0, 0.05) is 5.56 Å². The highest BCUT2D eigenvalue weighted by molar-refractivity contribution is 5.89. The third kappa shape index (κ3) is 9.34. The van der Waals surface area contributed by atoms with Crippen LogP contribution in [-0.4, -0.2) is 12.6 Å². The number of carbonyl (C=O) groups excluding carboxylic acids is 1. The fourth-order valence-corrected chi connectivity index (χ4v) is 6.04. The maximum absolute atomic E-state index is 12.9. The van der Waals surface area contributed by atoms with E-state index in [2.05, 4.69) is 56.8 Å². The molecule has 0 aromatic heterocycles. The van der Waals surface area contributed by atoms with Crippen molar-refractivity contribution in [2.45, 2.75) is 109 Å². The molecule has 0 heterocycles. The average molecular weight is 567 g/mol. The summed E-state index contributed by atoms with van der Waals surface area (Å²) in [6.45, 7) is 8.69. The average Bonchev–Trinajstić information content (AvgIpc) is 3.08. The number of ether oxygens (including phenoxy) is 2. The van der Waals surface area contributed by atoms with E-state index in [0.29, 0.717) is 23.2 Å². The normalized spacial score (nSPS) is 16.5. The van der Waals surface area contributed by atoms with E-state index in [0.717, 1.165) is 11.1 Å². The Morgan fingerprint density at radius 1 is 0.690 bits per heavy atom. The van der Waals surface area contributed by atoms with E-state index >= 15 is 0 Å². The number of unbranched alkanes of at least 4 members (excludes halogenated alkanes) is 1. The largest absolute Gasteiger partial charge is 0.482 e. The van der Waals surface area contributed by atoms with Crippen molar-refractivity contribution in [2.24, 2.45) is 0 Å². The van der Waals surface area contributed by atoms with Crippen LogP contribution in [0.4, 0.5) is 0 Å². The molecule has 0 radical (unpaired) electrons. The smallest absolute Gasteiger partial charge is 0.338 e. The molecule has 5 rings (SSSR count). The van der Waals surface area contributed by atoms with Crippen molar-refractivity contribution in [2.75, 3.05) is 6.61 Å². The van der Waals surface area contributed by atoms with E-state index in [1.54, 1.807) is 0 Å². The SMILES string of the molecule is C=C(OC(COC(=O)c1ccc(C2CCCCC2)cc1)c1ccccc1)c1ccc(C2CCCCC2)cc1.CCCC. The summed E-state index contributed by atoms with van der Waals surface area (Å²) in [6, 6.07) is 26.5. The van der Waals surface area contributed by atoms with E-state index in [-0.39, 0.29) is 12.6 Å². The third-order valence-corrected chi connectivity index (χ3v) is 8.85. The summed E-state index contributed by atoms with van der Waals surface area (Å²) in [4.78, 5) is 12.9. The molecule has 0 spiro atoms. The van der Waals surface area contributed by atoms with Gasteiger partial charge < -0.3 is 9.47 Å². The molecular weight excluding hydrogens is 516 g/mol. The number of rotatable bonds is 10. The predicted octanol–water partition coefficient (Wildman–Crippen LogP) is 11.2. The highest BCUT2D eigenvalue weighted by Gasteiger charge is 2.20. The lowest BCUT2D eigenvalue weighted by Crippen LogP contribution is -2.15. The summed E-state index contributed by atoms with van der Waals surface area (Å²) in [5.41, 5.74) is 5.22. The standard InChI is InChI=1S/C35H40O3.C4H10/c1-26(27-17-19-30(20-18-27)28-11-5-2-6-12-28)38-34(32-15-9-4-10-16-32)25-37-35(36)33-23-21-31(22-24-33)29-13-7-3-8-14-29;1-3-4-2/h4,9-10,15-24,28-29,34H,1-3,5-8,11-14,25H2;3-4H2,1-2H3. The van der Waals surface area contributed by atoms with Crippen LogP contribution in [0.5, 0.6) is 0 Å². The molecular formula is C39H50O3. The van der Waals surface area contributed by atoms with Gasteiger partial charge in [-0.1, -0.05) is 139 Å². The summed E-state index contributed by atoms with van der Waals surface area (Å²) in [6.07, 6.45) is 15.2. The topological polar surface area (TPSA) is 35.5 Å². The first-order valence-electron chi connectivity index (χ1n) is 16.4. The second-order valence-corrected chi connectivity index (χ2v) is 12.0. The van der Waals surface area contributed by atoms with Crippen molar-refractivity contribution in [1.29, 1.82) is 0 Å². The molecule has 3 aromatic carbocycles. The Morgan fingerprint density at radius 3 is 1.64 bits per heavy atom. The number of esters is 1. The predicted molar refractivity (Wildman–Crippen MR) is 175 cm³/mol. The molecule has 2 fully saturated rings. The molecule has 0 aliphatic heterocycles. The minimum Gasteiger partial charge on any atom is -0.482 e. The maximum Gasteiger partial charge on any atom is 0.338 e. The van der Waals surface area contributed by atoms with Crippen molar-refractivity contribution in [1.82, 2.24) is 0 Å². The first-order chi connectivity index (χ1) is 20.6. The minimum atomic E-state index is -0.438. The van der Waals surface area contributed by atoms with Gasteiger partial charge in [0.05, 0.1) is 5.56 Å². The van der Waals surface area contributed by atoms with Crippen molar-refractivity contribution >= 4 is 11.7 Å². The molecule has 3 heteroatoms. The van der Waals surface area contributed by atoms with Crippen LogP contribution in [0.3, 0.4) is 0 Å². The van der Waals surface area contributed by atoms with Gasteiger partial charge in [0.2, 0.25) is 0 Å². The summed E-state index contributed by atoms with van der Waals surface area (Å²) in [5, 5.41) is 0. The molecule has 3 aromatic rings. The highest BCUT2D eigenvalue weighted by atomic mass is 16.6. The molecule has 0 bridgehead atoms. The monoisotopic (exact) mass is 566 g/mol. The van der Waals surface area contributed by atoms with E-state index in [4.69, 9.17) is 9.47 Å². The van der Waals surface area contributed by atoms with Crippen molar-refractivity contribution in [3.63, 3.8) is 0 Å². The van der Waals surface area contributed by atoms with Crippen LogP contribution in [-0.2, 0) is 9.47 Å². The zero-order chi connectivity index (χ0) is 29.6. The summed E-state index contributed by atoms with van der Waals surface area (Å²) in [5.74, 6) is 1.54. The molecule has 0 N–H and O–H groups in total. The molecule has 0 amide bonds. The molecule has 2 aliphatic rings. The molecule has 2 saturated carbocycles. The van der Waals surface area contributed by atoms with E-state index < -0.39 is 6.10 Å². The first-order valence-corrected chi connectivity index (χ1v) is 16.4. The van der Waals surface area contributed by atoms with Gasteiger partial charge in [0.15, 0.2) is 6.10 Å². The quantitative estimate of drug-likeness (QED) is 0.181. The number of hydrogen-bond donors (Lipinski definition) is 0. The maximum atomic E-state index is 12.9. The Bertz CT molecular complexity index is 1200. The summed E-state index contributed by atoms with van der Waals surface area (Å²) in [7, 11) is 0. The molecule has 0 saturated heterocycles. The van der Waals surface area contributed by atoms with Crippen molar-refractivity contribution in [3.05, 3.63) is 113 Å². The molecule has 2 aliphatic carbocycles. The summed E-state index contributed by atoms with van der Waals surface area (Å²) >= 11 is 0. The van der Waals surface area contributed by atoms with Gasteiger partial charge >= 0.3 is 5.97 Å². The fraction of sp³-hybridized carbons (Fsp3) is 0.462. The Kier molecular flexibility index (Phi) is 12.8. The van der Waals surface area contributed by atoms with E-state index in [9.17, 15) is 4.79 Å². The Morgan fingerprint density at radius 2 is 1.17 bits per heavy atom. The molecule has 224 valence electrons. The Balaban J connectivity index is 0.000000952. The van der Waals surface area contributed by atoms with Crippen LogP contribution in [0.1, 0.15) is 141 Å².